The Labute approximate surface area is 107 Å². The lowest BCUT2D eigenvalue weighted by Gasteiger charge is -2.40. The summed E-state index contributed by atoms with van der Waals surface area (Å²) in [6, 6.07) is 0. The van der Waals surface area contributed by atoms with Crippen molar-refractivity contribution in [1.82, 2.24) is 9.88 Å². The van der Waals surface area contributed by atoms with Gasteiger partial charge < -0.3 is 10.0 Å². The van der Waals surface area contributed by atoms with Crippen LogP contribution >= 0.6 is 11.3 Å². The third kappa shape index (κ3) is 2.54. The van der Waals surface area contributed by atoms with Gasteiger partial charge in [-0.15, -0.1) is 11.3 Å². The molecule has 0 bridgehead atoms. The summed E-state index contributed by atoms with van der Waals surface area (Å²) in [5.41, 5.74) is 1.01. The quantitative estimate of drug-likeness (QED) is 0.895. The summed E-state index contributed by atoms with van der Waals surface area (Å²) in [4.78, 5) is 6.66. The molecule has 0 saturated heterocycles. The minimum Gasteiger partial charge on any atom is -0.391 e. The molecule has 1 atom stereocenters. The van der Waals surface area contributed by atoms with Crippen LogP contribution in [0.15, 0.2) is 5.38 Å². The highest BCUT2D eigenvalue weighted by atomic mass is 32.1. The highest BCUT2D eigenvalue weighted by Crippen LogP contribution is 2.37. The second-order valence-corrected chi connectivity index (χ2v) is 6.35. The molecule has 1 N–H and O–H groups in total. The van der Waals surface area contributed by atoms with Crippen molar-refractivity contribution >= 4 is 11.3 Å². The number of hydrogen-bond donors (Lipinski definition) is 1. The van der Waals surface area contributed by atoms with Crippen molar-refractivity contribution in [2.45, 2.75) is 50.7 Å². The van der Waals surface area contributed by atoms with Gasteiger partial charge in [-0.25, -0.2) is 4.98 Å². The first kappa shape index (κ1) is 13.0. The van der Waals surface area contributed by atoms with Crippen LogP contribution in [0.3, 0.4) is 0 Å². The zero-order valence-corrected chi connectivity index (χ0v) is 11.8. The van der Waals surface area contributed by atoms with Crippen LogP contribution in [0.2, 0.25) is 0 Å². The Balaban J connectivity index is 2.09. The van der Waals surface area contributed by atoms with E-state index in [1.165, 1.54) is 12.8 Å². The van der Waals surface area contributed by atoms with Gasteiger partial charge in [-0.3, -0.25) is 0 Å². The number of nitrogens with zero attached hydrogens (tertiary/aromatic N) is 2. The van der Waals surface area contributed by atoms with Gasteiger partial charge in [0.05, 0.1) is 16.8 Å². The molecule has 0 radical (unpaired) electrons. The molecule has 96 valence electrons. The normalized spacial score (nSPS) is 21.0. The number of likely N-dealkylation sites (N-methyl/N-ethyl adjacent to an activating group) is 1. The number of thiazole rings is 1. The van der Waals surface area contributed by atoms with Crippen LogP contribution in [0.25, 0.3) is 0 Å². The second kappa shape index (κ2) is 5.04. The molecule has 4 heteroatoms. The topological polar surface area (TPSA) is 36.4 Å². The molecular formula is C13H22N2OS. The lowest BCUT2D eigenvalue weighted by molar-refractivity contribution is -0.00296. The molecule has 1 aromatic heterocycles. The second-order valence-electron chi connectivity index (χ2n) is 5.28. The van der Waals surface area contributed by atoms with Gasteiger partial charge in [-0.2, -0.15) is 0 Å². The molecule has 0 aromatic carbocycles. The van der Waals surface area contributed by atoms with E-state index in [0.29, 0.717) is 6.42 Å². The fourth-order valence-electron chi connectivity index (χ4n) is 2.96. The van der Waals surface area contributed by atoms with Crippen molar-refractivity contribution in [3.63, 3.8) is 0 Å². The van der Waals surface area contributed by atoms with Crippen LogP contribution in [0.4, 0.5) is 0 Å². The van der Waals surface area contributed by atoms with Crippen molar-refractivity contribution in [3.8, 4) is 0 Å². The highest BCUT2D eigenvalue weighted by molar-refractivity contribution is 7.09. The van der Waals surface area contributed by atoms with Gasteiger partial charge in [0.25, 0.3) is 0 Å². The molecular weight excluding hydrogens is 232 g/mol. The standard InChI is InChI=1S/C13H22N2OS/c1-10-14-11(9-17-10)8-12(16)13(15(2)3)6-4-5-7-13/h9,12,16H,4-8H2,1-3H3. The molecule has 3 nitrogen and oxygen atoms in total. The summed E-state index contributed by atoms with van der Waals surface area (Å²) >= 11 is 1.66. The van der Waals surface area contributed by atoms with Crippen LogP contribution in [0.5, 0.6) is 0 Å². The Morgan fingerprint density at radius 3 is 2.59 bits per heavy atom. The SMILES string of the molecule is Cc1nc(CC(O)C2(N(C)C)CCCC2)cs1. The van der Waals surface area contributed by atoms with Gasteiger partial charge in [-0.05, 0) is 33.9 Å². The summed E-state index contributed by atoms with van der Waals surface area (Å²) in [7, 11) is 4.17. The largest absolute Gasteiger partial charge is 0.391 e. The Morgan fingerprint density at radius 2 is 2.12 bits per heavy atom. The summed E-state index contributed by atoms with van der Waals surface area (Å²) in [5.74, 6) is 0. The Kier molecular flexibility index (Phi) is 3.85. The number of rotatable bonds is 4. The first-order valence-corrected chi connectivity index (χ1v) is 7.19. The van der Waals surface area contributed by atoms with Gasteiger partial charge in [0.1, 0.15) is 0 Å². The van der Waals surface area contributed by atoms with E-state index in [2.05, 4.69) is 29.4 Å². The molecule has 1 unspecified atom stereocenters. The Hall–Kier alpha value is -0.450. The Morgan fingerprint density at radius 1 is 1.47 bits per heavy atom. The lowest BCUT2D eigenvalue weighted by Crippen LogP contribution is -2.52. The van der Waals surface area contributed by atoms with Crippen LogP contribution in [-0.2, 0) is 6.42 Å². The number of aliphatic hydroxyl groups excluding tert-OH is 1. The summed E-state index contributed by atoms with van der Waals surface area (Å²) in [6.07, 6.45) is 5.04. The van der Waals surface area contributed by atoms with Crippen molar-refractivity contribution in [1.29, 1.82) is 0 Å². The predicted molar refractivity (Wildman–Crippen MR) is 71.4 cm³/mol. The minimum atomic E-state index is -0.304. The maximum Gasteiger partial charge on any atom is 0.0897 e. The molecule has 1 heterocycles. The maximum atomic E-state index is 10.6. The Bertz CT molecular complexity index is 369. The summed E-state index contributed by atoms with van der Waals surface area (Å²) in [5, 5.41) is 13.7. The predicted octanol–water partition coefficient (Wildman–Crippen LogP) is 2.23. The van der Waals surface area contributed by atoms with Crippen LogP contribution in [0.1, 0.15) is 36.4 Å². The molecule has 1 saturated carbocycles. The average Bonchev–Trinajstić information content (AvgIpc) is 2.87. The molecule has 0 spiro atoms. The molecule has 0 amide bonds. The molecule has 0 aliphatic heterocycles. The van der Waals surface area contributed by atoms with Gasteiger partial charge in [0, 0.05) is 17.3 Å². The lowest BCUT2D eigenvalue weighted by atomic mass is 9.86. The van der Waals surface area contributed by atoms with Gasteiger partial charge in [-0.1, -0.05) is 12.8 Å². The van der Waals surface area contributed by atoms with Gasteiger partial charge in [0.2, 0.25) is 0 Å². The zero-order valence-electron chi connectivity index (χ0n) is 10.9. The molecule has 2 rings (SSSR count). The number of hydrogen-bond acceptors (Lipinski definition) is 4. The number of aryl methyl sites for hydroxylation is 1. The van der Waals surface area contributed by atoms with Crippen molar-refractivity contribution < 1.29 is 5.11 Å². The maximum absolute atomic E-state index is 10.6. The molecule has 17 heavy (non-hydrogen) atoms. The van der Waals surface area contributed by atoms with E-state index in [4.69, 9.17) is 0 Å². The zero-order chi connectivity index (χ0) is 12.5. The summed E-state index contributed by atoms with van der Waals surface area (Å²) < 4.78 is 0. The minimum absolute atomic E-state index is 0.0302. The van der Waals surface area contributed by atoms with Gasteiger partial charge in [0.15, 0.2) is 0 Å². The first-order chi connectivity index (χ1) is 8.04. The average molecular weight is 254 g/mol. The van der Waals surface area contributed by atoms with Crippen LogP contribution in [0, 0.1) is 6.92 Å². The smallest absolute Gasteiger partial charge is 0.0897 e. The van der Waals surface area contributed by atoms with Crippen molar-refractivity contribution in [2.75, 3.05) is 14.1 Å². The van der Waals surface area contributed by atoms with E-state index in [-0.39, 0.29) is 11.6 Å². The van der Waals surface area contributed by atoms with E-state index >= 15 is 0 Å². The fourth-order valence-corrected chi connectivity index (χ4v) is 3.58. The van der Waals surface area contributed by atoms with Crippen molar-refractivity contribution in [2.24, 2.45) is 0 Å². The number of aromatic nitrogens is 1. The van der Waals surface area contributed by atoms with E-state index in [1.54, 1.807) is 11.3 Å². The van der Waals surface area contributed by atoms with E-state index < -0.39 is 0 Å². The molecule has 1 aliphatic rings. The van der Waals surface area contributed by atoms with Crippen LogP contribution in [-0.4, -0.2) is 40.7 Å². The molecule has 1 aliphatic carbocycles. The third-order valence-corrected chi connectivity index (χ3v) is 4.87. The van der Waals surface area contributed by atoms with Gasteiger partial charge >= 0.3 is 0 Å². The molecule has 1 aromatic rings. The van der Waals surface area contributed by atoms with E-state index in [9.17, 15) is 5.11 Å². The first-order valence-electron chi connectivity index (χ1n) is 6.31. The van der Waals surface area contributed by atoms with E-state index in [1.807, 2.05) is 6.92 Å². The highest BCUT2D eigenvalue weighted by Gasteiger charge is 2.42. The number of aliphatic hydroxyl groups is 1. The summed E-state index contributed by atoms with van der Waals surface area (Å²) in [6.45, 7) is 2.01. The molecule has 1 fully saturated rings. The fraction of sp³-hybridized carbons (Fsp3) is 0.769. The van der Waals surface area contributed by atoms with E-state index in [0.717, 1.165) is 23.5 Å². The van der Waals surface area contributed by atoms with Crippen LogP contribution < -0.4 is 0 Å². The third-order valence-electron chi connectivity index (χ3n) is 4.05. The van der Waals surface area contributed by atoms with Crippen molar-refractivity contribution in [3.05, 3.63) is 16.1 Å². The monoisotopic (exact) mass is 254 g/mol.